The van der Waals surface area contributed by atoms with E-state index in [1.54, 1.807) is 0 Å². The van der Waals surface area contributed by atoms with Crippen LogP contribution in [-0.2, 0) is 4.79 Å². The van der Waals surface area contributed by atoms with E-state index in [2.05, 4.69) is 15.3 Å². The number of nitrogens with two attached hydrogens (primary N) is 1. The molecule has 1 amide bonds. The number of amides is 1. The van der Waals surface area contributed by atoms with E-state index in [0.717, 1.165) is 12.6 Å². The monoisotopic (exact) mass is 298 g/mol. The van der Waals surface area contributed by atoms with Gasteiger partial charge in [-0.25, -0.2) is 9.37 Å². The Bertz CT molecular complexity index is 537. The second kappa shape index (κ2) is 6.17. The highest BCUT2D eigenvalue weighted by molar-refractivity contribution is 6.28. The lowest BCUT2D eigenvalue weighted by molar-refractivity contribution is -0.118. The van der Waals surface area contributed by atoms with Crippen LogP contribution in [0, 0.1) is 17.7 Å². The zero-order valence-electron chi connectivity index (χ0n) is 11.0. The van der Waals surface area contributed by atoms with Crippen LogP contribution in [0.1, 0.15) is 19.8 Å². The highest BCUT2D eigenvalue weighted by atomic mass is 35.5. The zero-order valence-corrected chi connectivity index (χ0v) is 11.8. The summed E-state index contributed by atoms with van der Waals surface area (Å²) in [7, 11) is 0. The van der Waals surface area contributed by atoms with E-state index in [9.17, 15) is 9.18 Å². The molecule has 1 unspecified atom stereocenters. The lowest BCUT2D eigenvalue weighted by atomic mass is 9.95. The molecule has 3 atom stereocenters. The van der Waals surface area contributed by atoms with Gasteiger partial charge in [-0.05, 0) is 36.8 Å². The van der Waals surface area contributed by atoms with Gasteiger partial charge in [0.05, 0.1) is 6.20 Å². The van der Waals surface area contributed by atoms with Gasteiger partial charge in [-0.2, -0.15) is 4.98 Å². The van der Waals surface area contributed by atoms with Crippen LogP contribution < -0.4 is 11.1 Å². The van der Waals surface area contributed by atoms with Crippen molar-refractivity contribution in [3.8, 4) is 0 Å². The summed E-state index contributed by atoms with van der Waals surface area (Å²) in [5.41, 5.74) is 5.18. The van der Waals surface area contributed by atoms with Crippen molar-refractivity contribution >= 4 is 23.3 Å². The minimum absolute atomic E-state index is 0.00494. The fraction of sp³-hybridized carbons (Fsp3) is 0.462. The van der Waals surface area contributed by atoms with Gasteiger partial charge in [0.15, 0.2) is 11.6 Å². The van der Waals surface area contributed by atoms with E-state index in [0.29, 0.717) is 6.42 Å². The van der Waals surface area contributed by atoms with Crippen LogP contribution in [0.2, 0.25) is 5.28 Å². The van der Waals surface area contributed by atoms with Crippen LogP contribution in [0.5, 0.6) is 0 Å². The van der Waals surface area contributed by atoms with Crippen LogP contribution in [-0.4, -0.2) is 21.9 Å². The van der Waals surface area contributed by atoms with Crippen molar-refractivity contribution in [2.75, 3.05) is 5.32 Å². The number of hydrogen-bond acceptors (Lipinski definition) is 4. The fourth-order valence-electron chi connectivity index (χ4n) is 2.36. The Kier molecular flexibility index (Phi) is 4.54. The summed E-state index contributed by atoms with van der Waals surface area (Å²) in [5.74, 6) is -0.427. The third kappa shape index (κ3) is 3.66. The molecule has 0 saturated carbocycles. The number of aromatic nitrogens is 2. The zero-order chi connectivity index (χ0) is 14.7. The highest BCUT2D eigenvalue weighted by Crippen LogP contribution is 2.29. The molecule has 0 spiro atoms. The van der Waals surface area contributed by atoms with Crippen LogP contribution in [0.4, 0.5) is 10.2 Å². The number of hydrogen-bond donors (Lipinski definition) is 2. The van der Waals surface area contributed by atoms with Gasteiger partial charge < -0.3 is 11.1 Å². The van der Waals surface area contributed by atoms with E-state index < -0.39 is 5.82 Å². The number of rotatable bonds is 5. The first-order valence-corrected chi connectivity index (χ1v) is 6.74. The summed E-state index contributed by atoms with van der Waals surface area (Å²) < 4.78 is 13.5. The Labute approximate surface area is 121 Å². The molecular formula is C13H16ClFN4O. The third-order valence-corrected chi connectivity index (χ3v) is 3.57. The summed E-state index contributed by atoms with van der Waals surface area (Å²) in [5, 5.41) is 2.98. The molecule has 0 aliphatic heterocycles. The van der Waals surface area contributed by atoms with E-state index in [-0.39, 0.29) is 34.9 Å². The van der Waals surface area contributed by atoms with E-state index in [1.165, 1.54) is 0 Å². The van der Waals surface area contributed by atoms with E-state index in [1.807, 2.05) is 19.1 Å². The molecule has 0 fully saturated rings. The van der Waals surface area contributed by atoms with Crippen LogP contribution in [0.15, 0.2) is 18.3 Å². The number of nitrogens with zero attached hydrogens (tertiary/aromatic N) is 2. The molecule has 1 aliphatic rings. The predicted octanol–water partition coefficient (Wildman–Crippen LogP) is 2.14. The molecule has 2 rings (SSSR count). The lowest BCUT2D eigenvalue weighted by Crippen LogP contribution is -2.26. The minimum atomic E-state index is -0.545. The average molecular weight is 299 g/mol. The van der Waals surface area contributed by atoms with Crippen molar-refractivity contribution in [2.24, 2.45) is 17.6 Å². The van der Waals surface area contributed by atoms with Gasteiger partial charge in [0.2, 0.25) is 11.2 Å². The summed E-state index contributed by atoms with van der Waals surface area (Å²) in [6.07, 6.45) is 6.18. The molecular weight excluding hydrogens is 283 g/mol. The van der Waals surface area contributed by atoms with Crippen molar-refractivity contribution in [1.29, 1.82) is 0 Å². The molecule has 20 heavy (non-hydrogen) atoms. The molecule has 1 heterocycles. The van der Waals surface area contributed by atoms with Crippen LogP contribution >= 0.6 is 11.6 Å². The molecule has 1 aliphatic carbocycles. The Morgan fingerprint density at radius 1 is 1.65 bits per heavy atom. The van der Waals surface area contributed by atoms with Gasteiger partial charge in [0, 0.05) is 12.5 Å². The van der Waals surface area contributed by atoms with Crippen molar-refractivity contribution in [1.82, 2.24) is 9.97 Å². The number of carbonyl (C=O) groups excluding carboxylic acids is 1. The maximum Gasteiger partial charge on any atom is 0.224 e. The highest BCUT2D eigenvalue weighted by Gasteiger charge is 2.25. The standard InChI is InChI=1S/C13H16ClFN4O/c1-7(9-3-2-8(4-9)5-11(16)20)18-12-10(15)6-17-13(14)19-12/h2-3,6-9H,4-5H2,1H3,(H2,16,20)(H,17,18,19)/t7?,8-,9+/m1/s1. The Morgan fingerprint density at radius 2 is 2.40 bits per heavy atom. The van der Waals surface area contributed by atoms with Gasteiger partial charge in [0.1, 0.15) is 0 Å². The Hall–Kier alpha value is -1.69. The largest absolute Gasteiger partial charge is 0.370 e. The average Bonchev–Trinajstić information content (AvgIpc) is 2.81. The minimum Gasteiger partial charge on any atom is -0.370 e. The van der Waals surface area contributed by atoms with Gasteiger partial charge >= 0.3 is 0 Å². The van der Waals surface area contributed by atoms with Gasteiger partial charge in [0.25, 0.3) is 0 Å². The third-order valence-electron chi connectivity index (χ3n) is 3.39. The molecule has 1 aromatic rings. The van der Waals surface area contributed by atoms with Crippen molar-refractivity contribution in [3.63, 3.8) is 0 Å². The van der Waals surface area contributed by atoms with Crippen LogP contribution in [0.3, 0.4) is 0 Å². The Morgan fingerprint density at radius 3 is 3.10 bits per heavy atom. The molecule has 5 nitrogen and oxygen atoms in total. The summed E-state index contributed by atoms with van der Waals surface area (Å²) >= 11 is 5.65. The van der Waals surface area contributed by atoms with Gasteiger partial charge in [-0.3, -0.25) is 4.79 Å². The lowest BCUT2D eigenvalue weighted by Gasteiger charge is -2.21. The second-order valence-corrected chi connectivity index (χ2v) is 5.32. The summed E-state index contributed by atoms with van der Waals surface area (Å²) in [6, 6.07) is -0.0374. The maximum atomic E-state index is 13.5. The SMILES string of the molecule is CC(Nc1nc(Cl)ncc1F)[C@H]1C=C[C@@H](CC(N)=O)C1. The molecule has 108 valence electrons. The van der Waals surface area contributed by atoms with E-state index >= 15 is 0 Å². The molecule has 0 saturated heterocycles. The van der Waals surface area contributed by atoms with Crippen molar-refractivity contribution in [3.05, 3.63) is 29.4 Å². The normalized spacial score (nSPS) is 22.8. The predicted molar refractivity (Wildman–Crippen MR) is 74.6 cm³/mol. The number of primary amides is 1. The molecule has 1 aromatic heterocycles. The van der Waals surface area contributed by atoms with E-state index in [4.69, 9.17) is 17.3 Å². The quantitative estimate of drug-likeness (QED) is 0.644. The summed E-state index contributed by atoms with van der Waals surface area (Å²) in [4.78, 5) is 18.3. The van der Waals surface area contributed by atoms with Crippen LogP contribution in [0.25, 0.3) is 0 Å². The fourth-order valence-corrected chi connectivity index (χ4v) is 2.49. The molecule has 7 heteroatoms. The first kappa shape index (κ1) is 14.7. The molecule has 0 bridgehead atoms. The first-order valence-electron chi connectivity index (χ1n) is 6.37. The van der Waals surface area contributed by atoms with Gasteiger partial charge in [-0.1, -0.05) is 12.2 Å². The molecule has 3 N–H and O–H groups in total. The molecule has 0 aromatic carbocycles. The molecule has 0 radical (unpaired) electrons. The maximum absolute atomic E-state index is 13.5. The van der Waals surface area contributed by atoms with Crippen molar-refractivity contribution < 1.29 is 9.18 Å². The van der Waals surface area contributed by atoms with Gasteiger partial charge in [-0.15, -0.1) is 0 Å². The number of allylic oxidation sites excluding steroid dienone is 1. The Balaban J connectivity index is 1.96. The topological polar surface area (TPSA) is 80.9 Å². The van der Waals surface area contributed by atoms with Crippen molar-refractivity contribution in [2.45, 2.75) is 25.8 Å². The smallest absolute Gasteiger partial charge is 0.224 e. The second-order valence-electron chi connectivity index (χ2n) is 4.98. The summed E-state index contributed by atoms with van der Waals surface area (Å²) in [6.45, 7) is 1.93. The number of nitrogens with one attached hydrogen (secondary N) is 1. The number of carbonyl (C=O) groups is 1. The number of anilines is 1. The first-order chi connectivity index (χ1) is 9.45. The number of halogens is 2.